The minimum absolute atomic E-state index is 0.217. The maximum absolute atomic E-state index is 11.6. The van der Waals surface area contributed by atoms with Gasteiger partial charge >= 0.3 is 5.97 Å². The summed E-state index contributed by atoms with van der Waals surface area (Å²) in [6.45, 7) is 6.07. The van der Waals surface area contributed by atoms with Gasteiger partial charge in [-0.2, -0.15) is 0 Å². The molecule has 1 aromatic carbocycles. The molecule has 0 radical (unpaired) electrons. The number of hydrogen-bond acceptors (Lipinski definition) is 4. The number of rotatable bonds is 5. The molecule has 0 unspecified atom stereocenters. The number of nitrogens with one attached hydrogen (secondary N) is 1. The van der Waals surface area contributed by atoms with Crippen molar-refractivity contribution in [3.8, 4) is 5.75 Å². The van der Waals surface area contributed by atoms with Crippen LogP contribution in [0.25, 0.3) is 0 Å². The van der Waals surface area contributed by atoms with Gasteiger partial charge in [-0.25, -0.2) is 0 Å². The van der Waals surface area contributed by atoms with Crippen LogP contribution in [-0.2, 0) is 9.53 Å². The lowest BCUT2D eigenvalue weighted by Gasteiger charge is -2.19. The van der Waals surface area contributed by atoms with Crippen LogP contribution in [0.4, 0.5) is 5.69 Å². The van der Waals surface area contributed by atoms with E-state index in [2.05, 4.69) is 37.2 Å². The van der Waals surface area contributed by atoms with Crippen molar-refractivity contribution in [1.29, 1.82) is 0 Å². The Balaban J connectivity index is 2.56. The van der Waals surface area contributed by atoms with E-state index >= 15 is 0 Å². The van der Waals surface area contributed by atoms with Gasteiger partial charge in [-0.05, 0) is 58.7 Å². The zero-order chi connectivity index (χ0) is 15.3. The molecule has 0 bridgehead atoms. The molecular formula is C14H19Br2NO3. The van der Waals surface area contributed by atoms with E-state index in [1.54, 1.807) is 7.11 Å². The predicted molar refractivity (Wildman–Crippen MR) is 87.3 cm³/mol. The molecule has 1 aromatic rings. The number of esters is 1. The number of halogens is 2. The van der Waals surface area contributed by atoms with E-state index in [4.69, 9.17) is 9.47 Å². The van der Waals surface area contributed by atoms with Crippen molar-refractivity contribution >= 4 is 43.5 Å². The highest BCUT2D eigenvalue weighted by atomic mass is 79.9. The summed E-state index contributed by atoms with van der Waals surface area (Å²) >= 11 is 6.87. The predicted octanol–water partition coefficient (Wildman–Crippen LogP) is 4.36. The third-order valence-corrected chi connectivity index (χ3v) is 3.58. The van der Waals surface area contributed by atoms with Crippen LogP contribution in [0.3, 0.4) is 0 Å². The fraction of sp³-hybridized carbons (Fsp3) is 0.500. The summed E-state index contributed by atoms with van der Waals surface area (Å²) in [6.07, 6.45) is 0.308. The van der Waals surface area contributed by atoms with Gasteiger partial charge in [0.25, 0.3) is 0 Å². The lowest BCUT2D eigenvalue weighted by atomic mass is 10.2. The Bertz CT molecular complexity index is 484. The molecule has 1 N–H and O–H groups in total. The number of ether oxygens (including phenoxy) is 2. The fourth-order valence-electron chi connectivity index (χ4n) is 1.51. The van der Waals surface area contributed by atoms with E-state index in [1.807, 2.05) is 32.9 Å². The molecule has 0 spiro atoms. The quantitative estimate of drug-likeness (QED) is 0.735. The van der Waals surface area contributed by atoms with Crippen LogP contribution >= 0.6 is 31.9 Å². The standard InChI is InChI=1S/C14H19Br2NO3/c1-14(2,3)20-13(18)5-6-17-11-8-12(19-4)10(16)7-9(11)15/h7-8,17H,5-6H2,1-4H3. The molecule has 20 heavy (non-hydrogen) atoms. The Morgan fingerprint density at radius 3 is 2.45 bits per heavy atom. The van der Waals surface area contributed by atoms with Gasteiger partial charge in [0.1, 0.15) is 11.4 Å². The van der Waals surface area contributed by atoms with Crippen LogP contribution in [0.2, 0.25) is 0 Å². The van der Waals surface area contributed by atoms with Crippen molar-refractivity contribution in [2.75, 3.05) is 19.0 Å². The van der Waals surface area contributed by atoms with Gasteiger partial charge in [0, 0.05) is 17.1 Å². The van der Waals surface area contributed by atoms with Crippen molar-refractivity contribution < 1.29 is 14.3 Å². The van der Waals surface area contributed by atoms with Gasteiger partial charge in [0.2, 0.25) is 0 Å². The van der Waals surface area contributed by atoms with Crippen LogP contribution in [0, 0.1) is 0 Å². The molecule has 0 atom stereocenters. The third kappa shape index (κ3) is 5.71. The largest absolute Gasteiger partial charge is 0.495 e. The SMILES string of the molecule is COc1cc(NCCC(=O)OC(C)(C)C)c(Br)cc1Br. The summed E-state index contributed by atoms with van der Waals surface area (Å²) in [7, 11) is 1.61. The van der Waals surface area contributed by atoms with Gasteiger partial charge < -0.3 is 14.8 Å². The van der Waals surface area contributed by atoms with Crippen molar-refractivity contribution in [3.63, 3.8) is 0 Å². The van der Waals surface area contributed by atoms with Crippen LogP contribution in [-0.4, -0.2) is 25.2 Å². The molecule has 6 heteroatoms. The van der Waals surface area contributed by atoms with Crippen LogP contribution in [0.1, 0.15) is 27.2 Å². The van der Waals surface area contributed by atoms with Crippen molar-refractivity contribution in [3.05, 3.63) is 21.1 Å². The molecule has 0 heterocycles. The number of carbonyl (C=O) groups is 1. The first-order valence-electron chi connectivity index (χ1n) is 6.21. The number of hydrogen-bond donors (Lipinski definition) is 1. The maximum atomic E-state index is 11.6. The Kier molecular flexibility index (Phi) is 6.33. The topological polar surface area (TPSA) is 47.6 Å². The van der Waals surface area contributed by atoms with Crippen LogP contribution in [0.5, 0.6) is 5.75 Å². The molecule has 1 rings (SSSR count). The molecule has 0 aliphatic rings. The number of methoxy groups -OCH3 is 1. The Hall–Kier alpha value is -0.750. The third-order valence-electron chi connectivity index (χ3n) is 2.31. The molecule has 112 valence electrons. The monoisotopic (exact) mass is 407 g/mol. The summed E-state index contributed by atoms with van der Waals surface area (Å²) in [5.41, 5.74) is 0.423. The zero-order valence-electron chi connectivity index (χ0n) is 12.0. The summed E-state index contributed by atoms with van der Waals surface area (Å²) in [5.74, 6) is 0.512. The molecule has 0 fully saturated rings. The van der Waals surface area contributed by atoms with Gasteiger partial charge in [-0.1, -0.05) is 0 Å². The molecule has 0 aliphatic heterocycles. The van der Waals surface area contributed by atoms with Gasteiger partial charge in [0.05, 0.1) is 23.7 Å². The van der Waals surface area contributed by atoms with Crippen molar-refractivity contribution in [2.24, 2.45) is 0 Å². The lowest BCUT2D eigenvalue weighted by molar-refractivity contribution is -0.154. The van der Waals surface area contributed by atoms with Gasteiger partial charge in [-0.15, -0.1) is 0 Å². The first-order chi connectivity index (χ1) is 9.23. The second kappa shape index (κ2) is 7.31. The number of anilines is 1. The van der Waals surface area contributed by atoms with E-state index in [0.717, 1.165) is 20.4 Å². The number of benzene rings is 1. The van der Waals surface area contributed by atoms with Gasteiger partial charge in [0.15, 0.2) is 0 Å². The van der Waals surface area contributed by atoms with Gasteiger partial charge in [-0.3, -0.25) is 4.79 Å². The van der Waals surface area contributed by atoms with E-state index < -0.39 is 5.60 Å². The Morgan fingerprint density at radius 1 is 1.25 bits per heavy atom. The van der Waals surface area contributed by atoms with Crippen molar-refractivity contribution in [2.45, 2.75) is 32.8 Å². The first kappa shape index (κ1) is 17.3. The summed E-state index contributed by atoms with van der Waals surface area (Å²) in [5, 5.41) is 3.18. The van der Waals surface area contributed by atoms with E-state index in [9.17, 15) is 4.79 Å². The molecule has 4 nitrogen and oxygen atoms in total. The average Bonchev–Trinajstić information content (AvgIpc) is 2.29. The van der Waals surface area contributed by atoms with Crippen molar-refractivity contribution in [1.82, 2.24) is 0 Å². The smallest absolute Gasteiger partial charge is 0.308 e. The van der Waals surface area contributed by atoms with E-state index in [1.165, 1.54) is 0 Å². The minimum Gasteiger partial charge on any atom is -0.495 e. The maximum Gasteiger partial charge on any atom is 0.308 e. The fourth-order valence-corrected chi connectivity index (χ4v) is 2.81. The highest BCUT2D eigenvalue weighted by molar-refractivity contribution is 9.11. The number of carbonyl (C=O) groups excluding carboxylic acids is 1. The normalized spacial score (nSPS) is 11.1. The van der Waals surface area contributed by atoms with Crippen LogP contribution < -0.4 is 10.1 Å². The Morgan fingerprint density at radius 2 is 1.90 bits per heavy atom. The molecule has 0 aromatic heterocycles. The molecule has 0 amide bonds. The summed E-state index contributed by atoms with van der Waals surface area (Å²) < 4.78 is 12.2. The van der Waals surface area contributed by atoms with Crippen LogP contribution in [0.15, 0.2) is 21.1 Å². The Labute approximate surface area is 136 Å². The first-order valence-corrected chi connectivity index (χ1v) is 7.80. The molecular weight excluding hydrogens is 390 g/mol. The van der Waals surface area contributed by atoms with E-state index in [-0.39, 0.29) is 5.97 Å². The second-order valence-electron chi connectivity index (χ2n) is 5.23. The average molecular weight is 409 g/mol. The summed E-state index contributed by atoms with van der Waals surface area (Å²) in [4.78, 5) is 11.6. The zero-order valence-corrected chi connectivity index (χ0v) is 15.2. The molecule has 0 aliphatic carbocycles. The highest BCUT2D eigenvalue weighted by Crippen LogP contribution is 2.34. The minimum atomic E-state index is -0.446. The summed E-state index contributed by atoms with van der Waals surface area (Å²) in [6, 6.07) is 3.76. The second-order valence-corrected chi connectivity index (χ2v) is 6.94. The molecule has 0 saturated heterocycles. The highest BCUT2D eigenvalue weighted by Gasteiger charge is 2.16. The van der Waals surface area contributed by atoms with E-state index in [0.29, 0.717) is 13.0 Å². The lowest BCUT2D eigenvalue weighted by Crippen LogP contribution is -2.25. The molecule has 0 saturated carbocycles.